The molecule has 5 nitrogen and oxygen atoms in total. The average Bonchev–Trinajstić information content (AvgIpc) is 2.78. The Kier molecular flexibility index (Phi) is 6.41. The number of fused-ring (bicyclic) bond motifs is 2. The van der Waals surface area contributed by atoms with Gasteiger partial charge in [-0.2, -0.15) is 5.10 Å². The first-order valence-corrected chi connectivity index (χ1v) is 10.8. The van der Waals surface area contributed by atoms with E-state index in [1.807, 2.05) is 54.6 Å². The molecule has 31 heavy (non-hydrogen) atoms. The molecule has 5 heteroatoms. The van der Waals surface area contributed by atoms with Crippen LogP contribution in [0.25, 0.3) is 10.8 Å². The second kappa shape index (κ2) is 9.56. The number of nitrogens with zero attached hydrogens (tertiary/aromatic N) is 1. The lowest BCUT2D eigenvalue weighted by molar-refractivity contribution is -0.120. The van der Waals surface area contributed by atoms with Crippen molar-refractivity contribution in [3.63, 3.8) is 0 Å². The molecule has 0 unspecified atom stereocenters. The van der Waals surface area contributed by atoms with Gasteiger partial charge < -0.3 is 5.32 Å². The minimum Gasteiger partial charge on any atom is -0.325 e. The molecule has 1 aliphatic rings. The minimum atomic E-state index is -0.201. The lowest BCUT2D eigenvalue weighted by Gasteiger charge is -2.19. The van der Waals surface area contributed by atoms with Crippen LogP contribution in [-0.4, -0.2) is 17.5 Å². The molecule has 4 rings (SSSR count). The van der Waals surface area contributed by atoms with Gasteiger partial charge in [0, 0.05) is 11.4 Å². The van der Waals surface area contributed by atoms with Crippen LogP contribution < -0.4 is 10.7 Å². The number of hydrazone groups is 1. The van der Waals surface area contributed by atoms with Crippen molar-refractivity contribution in [1.82, 2.24) is 5.43 Å². The molecule has 3 aromatic carbocycles. The highest BCUT2D eigenvalue weighted by atomic mass is 16.2. The highest BCUT2D eigenvalue weighted by Gasteiger charge is 2.15. The summed E-state index contributed by atoms with van der Waals surface area (Å²) >= 11 is 0. The molecular formula is C26H27N3O2. The van der Waals surface area contributed by atoms with E-state index in [1.54, 1.807) is 6.92 Å². The maximum Gasteiger partial charge on any atom is 0.244 e. The molecule has 0 bridgehead atoms. The van der Waals surface area contributed by atoms with Crippen LogP contribution in [0.15, 0.2) is 65.8 Å². The standard InChI is InChI=1S/C26H27N3O2/c1-18(16-25(30)27-24-15-7-11-20-9-3-5-14-23(20)24)28-29-26(31)17-21-12-6-10-19-8-2-4-13-22(19)21/h2,4,6-8,10-13,15H,3,5,9,14,16-17H2,1H3,(H,27,30)(H,29,31). The van der Waals surface area contributed by atoms with E-state index in [1.165, 1.54) is 17.5 Å². The predicted octanol–water partition coefficient (Wildman–Crippen LogP) is 4.78. The van der Waals surface area contributed by atoms with Gasteiger partial charge in [-0.3, -0.25) is 9.59 Å². The molecule has 0 saturated carbocycles. The van der Waals surface area contributed by atoms with Gasteiger partial charge in [-0.25, -0.2) is 5.43 Å². The summed E-state index contributed by atoms with van der Waals surface area (Å²) in [7, 11) is 0. The summed E-state index contributed by atoms with van der Waals surface area (Å²) in [6.07, 6.45) is 4.81. The second-order valence-electron chi connectivity index (χ2n) is 8.07. The first-order chi connectivity index (χ1) is 15.1. The summed E-state index contributed by atoms with van der Waals surface area (Å²) in [6.45, 7) is 1.75. The quantitative estimate of drug-likeness (QED) is 0.451. The van der Waals surface area contributed by atoms with Gasteiger partial charge in [0.05, 0.1) is 12.8 Å². The van der Waals surface area contributed by atoms with Gasteiger partial charge in [0.15, 0.2) is 0 Å². The van der Waals surface area contributed by atoms with E-state index >= 15 is 0 Å². The lowest BCUT2D eigenvalue weighted by Crippen LogP contribution is -2.23. The first kappa shape index (κ1) is 20.8. The van der Waals surface area contributed by atoms with Gasteiger partial charge >= 0.3 is 0 Å². The van der Waals surface area contributed by atoms with Crippen LogP contribution in [0.5, 0.6) is 0 Å². The molecule has 0 aromatic heterocycles. The Morgan fingerprint density at radius 3 is 2.58 bits per heavy atom. The SMILES string of the molecule is CC(CC(=O)Nc1cccc2c1CCCC2)=NNC(=O)Cc1cccc2ccccc12. The van der Waals surface area contributed by atoms with E-state index < -0.39 is 0 Å². The van der Waals surface area contributed by atoms with Gasteiger partial charge in [0.25, 0.3) is 0 Å². The summed E-state index contributed by atoms with van der Waals surface area (Å²) in [5, 5.41) is 9.31. The highest BCUT2D eigenvalue weighted by Crippen LogP contribution is 2.28. The molecule has 3 aromatic rings. The van der Waals surface area contributed by atoms with Crippen molar-refractivity contribution >= 4 is 34.0 Å². The van der Waals surface area contributed by atoms with Crippen LogP contribution in [0.1, 0.15) is 42.9 Å². The fourth-order valence-corrected chi connectivity index (χ4v) is 4.18. The van der Waals surface area contributed by atoms with Crippen molar-refractivity contribution in [3.05, 3.63) is 77.4 Å². The number of aryl methyl sites for hydroxylation is 1. The van der Waals surface area contributed by atoms with Crippen molar-refractivity contribution in [1.29, 1.82) is 0 Å². The number of amides is 2. The monoisotopic (exact) mass is 413 g/mol. The number of benzene rings is 3. The number of rotatable bonds is 6. The van der Waals surface area contributed by atoms with Gasteiger partial charge in [-0.1, -0.05) is 54.6 Å². The molecule has 2 amide bonds. The second-order valence-corrected chi connectivity index (χ2v) is 8.07. The van der Waals surface area contributed by atoms with Crippen molar-refractivity contribution in [2.24, 2.45) is 5.10 Å². The lowest BCUT2D eigenvalue weighted by atomic mass is 9.90. The molecule has 2 N–H and O–H groups in total. The van der Waals surface area contributed by atoms with E-state index in [0.29, 0.717) is 5.71 Å². The zero-order valence-electron chi connectivity index (χ0n) is 17.8. The number of hydrogen-bond donors (Lipinski definition) is 2. The van der Waals surface area contributed by atoms with Crippen LogP contribution in [0.2, 0.25) is 0 Å². The fraction of sp³-hybridized carbons (Fsp3) is 0.269. The third kappa shape index (κ3) is 5.18. The van der Waals surface area contributed by atoms with Crippen molar-refractivity contribution in [3.8, 4) is 0 Å². The van der Waals surface area contributed by atoms with Crippen LogP contribution >= 0.6 is 0 Å². The van der Waals surface area contributed by atoms with E-state index in [-0.39, 0.29) is 24.7 Å². The third-order valence-electron chi connectivity index (χ3n) is 5.69. The molecule has 0 radical (unpaired) electrons. The van der Waals surface area contributed by atoms with Crippen LogP contribution in [0.3, 0.4) is 0 Å². The molecule has 0 heterocycles. The summed E-state index contributed by atoms with van der Waals surface area (Å²) < 4.78 is 0. The molecule has 0 aliphatic heterocycles. The normalized spacial score (nSPS) is 13.5. The molecular weight excluding hydrogens is 386 g/mol. The van der Waals surface area contributed by atoms with E-state index in [4.69, 9.17) is 0 Å². The number of nitrogens with one attached hydrogen (secondary N) is 2. The van der Waals surface area contributed by atoms with Crippen LogP contribution in [0, 0.1) is 0 Å². The maximum atomic E-state index is 12.5. The molecule has 0 spiro atoms. The zero-order valence-corrected chi connectivity index (χ0v) is 17.8. The molecule has 158 valence electrons. The summed E-state index contributed by atoms with van der Waals surface area (Å²) in [4.78, 5) is 24.9. The Morgan fingerprint density at radius 1 is 0.903 bits per heavy atom. The Bertz CT molecular complexity index is 1150. The van der Waals surface area contributed by atoms with Crippen LogP contribution in [0.4, 0.5) is 5.69 Å². The number of anilines is 1. The number of hydrogen-bond acceptors (Lipinski definition) is 3. The van der Waals surface area contributed by atoms with E-state index in [2.05, 4.69) is 21.9 Å². The minimum absolute atomic E-state index is 0.122. The molecule has 0 fully saturated rings. The highest BCUT2D eigenvalue weighted by molar-refractivity contribution is 6.06. The topological polar surface area (TPSA) is 70.6 Å². The third-order valence-corrected chi connectivity index (χ3v) is 5.69. The van der Waals surface area contributed by atoms with Gasteiger partial charge in [0.2, 0.25) is 11.8 Å². The zero-order chi connectivity index (χ0) is 21.6. The van der Waals surface area contributed by atoms with E-state index in [9.17, 15) is 9.59 Å². The first-order valence-electron chi connectivity index (χ1n) is 10.8. The largest absolute Gasteiger partial charge is 0.325 e. The average molecular weight is 414 g/mol. The van der Waals surface area contributed by atoms with Gasteiger partial charge in [-0.05, 0) is 66.1 Å². The van der Waals surface area contributed by atoms with Crippen LogP contribution in [-0.2, 0) is 28.9 Å². The smallest absolute Gasteiger partial charge is 0.244 e. The molecule has 1 aliphatic carbocycles. The fourth-order valence-electron chi connectivity index (χ4n) is 4.18. The van der Waals surface area contributed by atoms with Gasteiger partial charge in [-0.15, -0.1) is 0 Å². The molecule has 0 atom stereocenters. The molecule has 0 saturated heterocycles. The maximum absolute atomic E-state index is 12.5. The Labute approximate surface area is 182 Å². The number of carbonyl (C=O) groups is 2. The summed E-state index contributed by atoms with van der Waals surface area (Å²) in [6, 6.07) is 20.0. The Hall–Kier alpha value is -3.47. The Balaban J connectivity index is 1.33. The predicted molar refractivity (Wildman–Crippen MR) is 125 cm³/mol. The van der Waals surface area contributed by atoms with Crippen molar-refractivity contribution in [2.45, 2.75) is 45.4 Å². The number of carbonyl (C=O) groups excluding carboxylic acids is 2. The van der Waals surface area contributed by atoms with Gasteiger partial charge in [0.1, 0.15) is 0 Å². The Morgan fingerprint density at radius 2 is 1.68 bits per heavy atom. The van der Waals surface area contributed by atoms with Crippen molar-refractivity contribution in [2.75, 3.05) is 5.32 Å². The summed E-state index contributed by atoms with van der Waals surface area (Å²) in [5.74, 6) is -0.322. The van der Waals surface area contributed by atoms with Crippen molar-refractivity contribution < 1.29 is 9.59 Å². The van der Waals surface area contributed by atoms with E-state index in [0.717, 1.165) is 41.3 Å². The summed E-state index contributed by atoms with van der Waals surface area (Å²) in [5.41, 5.74) is 7.58.